The van der Waals surface area contributed by atoms with Crippen molar-refractivity contribution in [3.63, 3.8) is 0 Å². The Kier molecular flexibility index (Phi) is 15.0. The van der Waals surface area contributed by atoms with Crippen LogP contribution in [0.3, 0.4) is 0 Å². The molecule has 0 bridgehead atoms. The number of hydrogen-bond acceptors (Lipinski definition) is 11. The molecule has 2 aliphatic rings. The summed E-state index contributed by atoms with van der Waals surface area (Å²) < 4.78 is 85.4. The number of ether oxygens (including phenoxy) is 6. The van der Waals surface area contributed by atoms with E-state index >= 15 is 0 Å². The summed E-state index contributed by atoms with van der Waals surface area (Å²) in [5.74, 6) is -1.57. The number of sulfonamides is 1. The van der Waals surface area contributed by atoms with E-state index in [9.17, 15) is 26.8 Å². The van der Waals surface area contributed by atoms with Crippen molar-refractivity contribution in [1.82, 2.24) is 4.90 Å². The lowest BCUT2D eigenvalue weighted by molar-refractivity contribution is -0.153. The third-order valence-electron chi connectivity index (χ3n) is 8.26. The maximum Gasteiger partial charge on any atom is 0.387 e. The Morgan fingerprint density at radius 3 is 2.37 bits per heavy atom. The maximum absolute atomic E-state index is 13.2. The number of rotatable bonds is 19. The van der Waals surface area contributed by atoms with Crippen molar-refractivity contribution in [2.45, 2.75) is 38.9 Å². The molecule has 1 saturated heterocycles. The van der Waals surface area contributed by atoms with Crippen molar-refractivity contribution in [2.75, 3.05) is 70.3 Å². The molecule has 0 amide bonds. The molecule has 0 radical (unpaired) electrons. The number of esters is 2. The van der Waals surface area contributed by atoms with Gasteiger partial charge in [0.1, 0.15) is 11.9 Å². The number of methoxy groups -OCH3 is 1. The highest BCUT2D eigenvalue weighted by Gasteiger charge is 2.28. The quantitative estimate of drug-likeness (QED) is 0.118. The van der Waals surface area contributed by atoms with Crippen LogP contribution in [-0.4, -0.2) is 97.8 Å². The molecule has 1 atom stereocenters. The van der Waals surface area contributed by atoms with Crippen LogP contribution in [0.25, 0.3) is 0 Å². The average molecular weight is 792 g/mol. The van der Waals surface area contributed by atoms with E-state index in [0.717, 1.165) is 23.4 Å². The predicted molar refractivity (Wildman–Crippen MR) is 191 cm³/mol. The van der Waals surface area contributed by atoms with E-state index in [4.69, 9.17) is 46.9 Å². The van der Waals surface area contributed by atoms with Crippen molar-refractivity contribution in [1.29, 1.82) is 0 Å². The fourth-order valence-electron chi connectivity index (χ4n) is 5.31. The fraction of sp³-hybridized carbons (Fsp3) is 0.486. The molecular formula is C35H42Cl2F2N2O10S. The summed E-state index contributed by atoms with van der Waals surface area (Å²) in [5.41, 5.74) is 0.763. The topological polar surface area (TPSA) is 130 Å². The minimum atomic E-state index is -3.81. The van der Waals surface area contributed by atoms with Crippen LogP contribution in [0.15, 0.2) is 58.6 Å². The van der Waals surface area contributed by atoms with Crippen molar-refractivity contribution < 1.29 is 55.2 Å². The first-order valence-corrected chi connectivity index (χ1v) is 19.0. The first-order valence-electron chi connectivity index (χ1n) is 16.4. The van der Waals surface area contributed by atoms with E-state index < -0.39 is 41.3 Å². The number of hydrogen-bond donors (Lipinski definition) is 0. The number of anilines is 1. The zero-order valence-corrected chi connectivity index (χ0v) is 31.4. The second kappa shape index (κ2) is 18.9. The van der Waals surface area contributed by atoms with Crippen LogP contribution < -0.4 is 18.5 Å². The molecule has 0 aromatic heterocycles. The molecular weight excluding hydrogens is 749 g/mol. The summed E-state index contributed by atoms with van der Waals surface area (Å²) in [6, 6.07) is 8.25. The third kappa shape index (κ3) is 12.2. The molecule has 1 aliphatic carbocycles. The molecule has 0 N–H and O–H groups in total. The van der Waals surface area contributed by atoms with Crippen LogP contribution in [0.5, 0.6) is 17.2 Å². The second-order valence-electron chi connectivity index (χ2n) is 12.2. The number of carbonyl (C=O) groups excluding carboxylic acids is 2. The average Bonchev–Trinajstić information content (AvgIpc) is 3.92. The Bertz CT molecular complexity index is 1730. The largest absolute Gasteiger partial charge is 0.495 e. The van der Waals surface area contributed by atoms with E-state index in [-0.39, 0.29) is 58.1 Å². The van der Waals surface area contributed by atoms with Gasteiger partial charge in [0, 0.05) is 42.7 Å². The van der Waals surface area contributed by atoms with Gasteiger partial charge in [-0.2, -0.15) is 8.78 Å². The number of morpholine rings is 1. The van der Waals surface area contributed by atoms with Crippen LogP contribution in [0.4, 0.5) is 14.5 Å². The summed E-state index contributed by atoms with van der Waals surface area (Å²) >= 11 is 12.5. The van der Waals surface area contributed by atoms with E-state index in [0.29, 0.717) is 49.9 Å². The summed E-state index contributed by atoms with van der Waals surface area (Å²) in [5, 5.41) is 0.366. The lowest BCUT2D eigenvalue weighted by Gasteiger charge is -2.30. The Hall–Kier alpha value is -3.63. The van der Waals surface area contributed by atoms with Gasteiger partial charge in [-0.1, -0.05) is 35.8 Å². The van der Waals surface area contributed by atoms with Crippen molar-refractivity contribution in [3.8, 4) is 17.2 Å². The summed E-state index contributed by atoms with van der Waals surface area (Å²) in [6.07, 6.45) is 1.79. The standard InChI is InChI=1S/C35H42Cl2F2N2O10S/c1-22(36)27(23(2)37)19-31(25-7-10-30(51-35(38)39)32(18-25)48-20-24-5-6-24)50-33(42)21-49-34(43)26-8-9-29(46-3)28(17-26)41(52(4,44)45)12-11-40-13-15-47-16-14-40/h7-10,17-18,24,31,35H,1,5-6,11-16,19-21H2,2-4H3/b27-23+/t31-/m0/s1. The Morgan fingerprint density at radius 2 is 1.77 bits per heavy atom. The van der Waals surface area contributed by atoms with Crippen LogP contribution in [0, 0.1) is 5.92 Å². The Morgan fingerprint density at radius 1 is 1.08 bits per heavy atom. The maximum atomic E-state index is 13.2. The molecule has 4 rings (SSSR count). The van der Waals surface area contributed by atoms with E-state index in [1.54, 1.807) is 6.92 Å². The first-order chi connectivity index (χ1) is 24.7. The molecule has 2 fully saturated rings. The van der Waals surface area contributed by atoms with Gasteiger partial charge >= 0.3 is 18.6 Å². The summed E-state index contributed by atoms with van der Waals surface area (Å²) in [4.78, 5) is 28.4. The van der Waals surface area contributed by atoms with Crippen LogP contribution in [-0.2, 0) is 29.0 Å². The van der Waals surface area contributed by atoms with E-state index in [2.05, 4.69) is 16.2 Å². The van der Waals surface area contributed by atoms with Crippen LogP contribution in [0.1, 0.15) is 48.2 Å². The summed E-state index contributed by atoms with van der Waals surface area (Å²) in [7, 11) is -2.44. The molecule has 0 spiro atoms. The lowest BCUT2D eigenvalue weighted by atomic mass is 10.00. The third-order valence-corrected chi connectivity index (χ3v) is 9.90. The molecule has 52 heavy (non-hydrogen) atoms. The predicted octanol–water partition coefficient (Wildman–Crippen LogP) is 6.28. The molecule has 17 heteroatoms. The molecule has 0 unspecified atom stereocenters. The Balaban J connectivity index is 1.52. The summed E-state index contributed by atoms with van der Waals surface area (Å²) in [6.45, 7) is 4.52. The van der Waals surface area contributed by atoms with E-state index in [1.165, 1.54) is 43.5 Å². The van der Waals surface area contributed by atoms with Crippen molar-refractivity contribution in [3.05, 3.63) is 69.7 Å². The number of halogens is 4. The number of carbonyl (C=O) groups is 2. The van der Waals surface area contributed by atoms with Gasteiger partial charge in [0.2, 0.25) is 10.0 Å². The van der Waals surface area contributed by atoms with Gasteiger partial charge < -0.3 is 28.4 Å². The SMILES string of the molecule is C=C(Cl)/C(C[C@H](OC(=O)COC(=O)c1ccc(OC)c(N(CCN2CCOCC2)S(C)(=O)=O)c1)c1ccc(OC(F)F)c(OCC2CC2)c1)=C(\C)Cl. The lowest BCUT2D eigenvalue weighted by Crippen LogP contribution is -2.43. The van der Waals surface area contributed by atoms with Gasteiger partial charge in [-0.25, -0.2) is 18.0 Å². The smallest absolute Gasteiger partial charge is 0.387 e. The van der Waals surface area contributed by atoms with Crippen molar-refractivity contribution >= 4 is 50.9 Å². The molecule has 12 nitrogen and oxygen atoms in total. The minimum absolute atomic E-state index is 0.0263. The molecule has 1 aliphatic heterocycles. The Labute approximate surface area is 312 Å². The number of nitrogens with zero attached hydrogens (tertiary/aromatic N) is 2. The van der Waals surface area contributed by atoms with Gasteiger partial charge in [0.15, 0.2) is 18.1 Å². The van der Waals surface area contributed by atoms with Gasteiger partial charge in [0.25, 0.3) is 0 Å². The van der Waals surface area contributed by atoms with Crippen LogP contribution >= 0.6 is 23.2 Å². The minimum Gasteiger partial charge on any atom is -0.495 e. The fourth-order valence-corrected chi connectivity index (χ4v) is 6.68. The van der Waals surface area contributed by atoms with E-state index in [1.807, 2.05) is 0 Å². The molecule has 2 aromatic rings. The molecule has 1 saturated carbocycles. The van der Waals surface area contributed by atoms with Gasteiger partial charge in [-0.05, 0) is 67.2 Å². The second-order valence-corrected chi connectivity index (χ2v) is 15.1. The molecule has 1 heterocycles. The molecule has 2 aromatic carbocycles. The first kappa shape index (κ1) is 41.1. The zero-order valence-electron chi connectivity index (χ0n) is 29.1. The monoisotopic (exact) mass is 790 g/mol. The van der Waals surface area contributed by atoms with Crippen LogP contribution in [0.2, 0.25) is 0 Å². The highest BCUT2D eigenvalue weighted by atomic mass is 35.5. The van der Waals surface area contributed by atoms with Gasteiger partial charge in [-0.3, -0.25) is 9.21 Å². The normalized spacial score (nSPS) is 16.1. The number of allylic oxidation sites excluding steroid dienone is 2. The number of alkyl halides is 2. The van der Waals surface area contributed by atoms with Gasteiger partial charge in [-0.15, -0.1) is 0 Å². The zero-order chi connectivity index (χ0) is 38.0. The van der Waals surface area contributed by atoms with Gasteiger partial charge in [0.05, 0.1) is 44.4 Å². The van der Waals surface area contributed by atoms with Crippen molar-refractivity contribution in [2.24, 2.45) is 5.92 Å². The number of benzene rings is 2. The highest BCUT2D eigenvalue weighted by Crippen LogP contribution is 2.39. The highest BCUT2D eigenvalue weighted by molar-refractivity contribution is 7.92. The molecule has 286 valence electrons.